The molecule has 1 rings (SSSR count). The van der Waals surface area contributed by atoms with E-state index in [1.54, 1.807) is 0 Å². The SMILES string of the molecule is [B+2]c1cccc(CO[Si](C)(C)C(C)(C)C)c1.[OH-].[OH-]. The smallest absolute Gasteiger partial charge is 0.870 e. The quantitative estimate of drug-likeness (QED) is 0.790. The zero-order valence-electron chi connectivity index (χ0n) is 11.9. The second kappa shape index (κ2) is 7.09. The van der Waals surface area contributed by atoms with Gasteiger partial charge in [-0.1, -0.05) is 0 Å². The summed E-state index contributed by atoms with van der Waals surface area (Å²) in [6, 6.07) is 7.91. The minimum absolute atomic E-state index is 0. The van der Waals surface area contributed by atoms with E-state index in [2.05, 4.69) is 39.9 Å². The second-order valence-corrected chi connectivity index (χ2v) is 10.6. The van der Waals surface area contributed by atoms with Gasteiger partial charge in [0.2, 0.25) is 0 Å². The number of hydrogen-bond acceptors (Lipinski definition) is 3. The van der Waals surface area contributed by atoms with Crippen LogP contribution in [-0.4, -0.2) is 27.1 Å². The average Bonchev–Trinajstić information content (AvgIpc) is 2.13. The fourth-order valence-electron chi connectivity index (χ4n) is 1.16. The monoisotopic (exact) mass is 266 g/mol. The summed E-state index contributed by atoms with van der Waals surface area (Å²) in [5.74, 6) is 0. The summed E-state index contributed by atoms with van der Waals surface area (Å²) in [5.41, 5.74) is 1.96. The second-order valence-electron chi connectivity index (χ2n) is 5.79. The first kappa shape index (κ1) is 19.7. The van der Waals surface area contributed by atoms with E-state index in [0.717, 1.165) is 11.0 Å². The molecule has 3 nitrogen and oxygen atoms in total. The Bertz CT molecular complexity index is 361. The van der Waals surface area contributed by atoms with Crippen molar-refractivity contribution >= 4 is 21.6 Å². The molecule has 0 spiro atoms. The maximum atomic E-state index is 6.12. The molecule has 5 heteroatoms. The van der Waals surface area contributed by atoms with E-state index in [0.29, 0.717) is 6.61 Å². The summed E-state index contributed by atoms with van der Waals surface area (Å²) in [5, 5.41) is 0.257. The standard InChI is InChI=1S/C13H21BOSi.2H2O/c1-13(2,3)16(4,5)15-10-11-7-6-8-12(14)9-11;;/h6-9H,10H2,1-5H3;2*1H2/q+2;;/p-2. The summed E-state index contributed by atoms with van der Waals surface area (Å²) < 4.78 is 6.12. The zero-order valence-corrected chi connectivity index (χ0v) is 12.9. The Kier molecular flexibility index (Phi) is 7.77. The molecular weight excluding hydrogens is 243 g/mol. The molecule has 0 aliphatic heterocycles. The Morgan fingerprint density at radius 2 is 1.72 bits per heavy atom. The van der Waals surface area contributed by atoms with Gasteiger partial charge >= 0.3 is 101 Å². The molecule has 0 atom stereocenters. The fourth-order valence-corrected chi connectivity index (χ4v) is 2.12. The van der Waals surface area contributed by atoms with Crippen molar-refractivity contribution in [3.8, 4) is 0 Å². The van der Waals surface area contributed by atoms with Crippen LogP contribution in [0.1, 0.15) is 26.3 Å². The van der Waals surface area contributed by atoms with Gasteiger partial charge in [-0.15, -0.1) is 0 Å². The first-order chi connectivity index (χ1) is 7.22. The van der Waals surface area contributed by atoms with Crippen molar-refractivity contribution in [2.45, 2.75) is 45.5 Å². The van der Waals surface area contributed by atoms with Crippen molar-refractivity contribution < 1.29 is 15.4 Å². The van der Waals surface area contributed by atoms with Gasteiger partial charge in [-0.25, -0.2) is 0 Å². The van der Waals surface area contributed by atoms with Crippen LogP contribution in [0.15, 0.2) is 24.3 Å². The van der Waals surface area contributed by atoms with Crippen LogP contribution in [-0.2, 0) is 11.0 Å². The van der Waals surface area contributed by atoms with Crippen LogP contribution in [0.25, 0.3) is 0 Å². The van der Waals surface area contributed by atoms with Crippen molar-refractivity contribution in [2.24, 2.45) is 0 Å². The van der Waals surface area contributed by atoms with E-state index in [1.165, 1.54) is 0 Å². The van der Waals surface area contributed by atoms with E-state index in [4.69, 9.17) is 12.3 Å². The van der Waals surface area contributed by atoms with Crippen LogP contribution < -0.4 is 5.46 Å². The maximum absolute atomic E-state index is 6.12. The Morgan fingerprint density at radius 3 is 2.17 bits per heavy atom. The molecule has 100 valence electrons. The normalized spacial score (nSPS) is 11.5. The van der Waals surface area contributed by atoms with Gasteiger partial charge in [0.25, 0.3) is 0 Å². The largest absolute Gasteiger partial charge is 0.870 e. The molecule has 0 saturated carbocycles. The van der Waals surface area contributed by atoms with Crippen molar-refractivity contribution in [3.63, 3.8) is 0 Å². The summed E-state index contributed by atoms with van der Waals surface area (Å²) in [4.78, 5) is 0. The van der Waals surface area contributed by atoms with Crippen molar-refractivity contribution in [3.05, 3.63) is 29.8 Å². The topological polar surface area (TPSA) is 69.2 Å². The van der Waals surface area contributed by atoms with E-state index in [1.807, 2.05) is 18.2 Å². The first-order valence-corrected chi connectivity index (χ1v) is 8.61. The molecule has 0 unspecified atom stereocenters. The van der Waals surface area contributed by atoms with Crippen LogP contribution in [0, 0.1) is 0 Å². The van der Waals surface area contributed by atoms with Gasteiger partial charge < -0.3 is 11.0 Å². The molecule has 1 aromatic rings. The molecular formula is C13H23BO3Si. The van der Waals surface area contributed by atoms with Crippen LogP contribution in [0.5, 0.6) is 0 Å². The van der Waals surface area contributed by atoms with Crippen LogP contribution in [0.3, 0.4) is 0 Å². The Hall–Kier alpha value is -0.618. The summed E-state index contributed by atoms with van der Waals surface area (Å²) in [6.45, 7) is 11.9. The summed E-state index contributed by atoms with van der Waals surface area (Å²) >= 11 is 0. The van der Waals surface area contributed by atoms with E-state index < -0.39 is 8.32 Å². The molecule has 18 heavy (non-hydrogen) atoms. The Balaban J connectivity index is 0. The van der Waals surface area contributed by atoms with Gasteiger partial charge in [0.15, 0.2) is 0 Å². The summed E-state index contributed by atoms with van der Waals surface area (Å²) in [6.07, 6.45) is 0. The Labute approximate surface area is 113 Å². The van der Waals surface area contributed by atoms with Gasteiger partial charge in [0.1, 0.15) is 0 Å². The molecule has 0 amide bonds. The Morgan fingerprint density at radius 1 is 1.17 bits per heavy atom. The number of rotatable bonds is 3. The minimum atomic E-state index is -1.65. The molecule has 0 saturated heterocycles. The third-order valence-corrected chi connectivity index (χ3v) is 7.84. The van der Waals surface area contributed by atoms with Crippen LogP contribution in [0.2, 0.25) is 18.1 Å². The van der Waals surface area contributed by atoms with Crippen molar-refractivity contribution in [1.82, 2.24) is 0 Å². The van der Waals surface area contributed by atoms with Crippen LogP contribution >= 0.6 is 0 Å². The molecule has 0 bridgehead atoms. The van der Waals surface area contributed by atoms with E-state index >= 15 is 0 Å². The van der Waals surface area contributed by atoms with Gasteiger partial charge in [0.05, 0.1) is 0 Å². The number of hydrogen-bond donors (Lipinski definition) is 0. The third kappa shape index (κ3) is 5.35. The fraction of sp³-hybridized carbons (Fsp3) is 0.538. The van der Waals surface area contributed by atoms with Gasteiger partial charge in [-0.05, 0) is 0 Å². The molecule has 0 radical (unpaired) electrons. The van der Waals surface area contributed by atoms with Gasteiger partial charge in [-0.3, -0.25) is 0 Å². The summed E-state index contributed by atoms with van der Waals surface area (Å²) in [7, 11) is 4.09. The predicted octanol–water partition coefficient (Wildman–Crippen LogP) is 2.65. The van der Waals surface area contributed by atoms with Crippen LogP contribution in [0.4, 0.5) is 0 Å². The predicted molar refractivity (Wildman–Crippen MR) is 77.7 cm³/mol. The molecule has 0 aromatic heterocycles. The zero-order chi connectivity index (χ0) is 12.4. The molecule has 0 aliphatic carbocycles. The van der Waals surface area contributed by atoms with E-state index in [9.17, 15) is 0 Å². The molecule has 0 aliphatic rings. The van der Waals surface area contributed by atoms with Gasteiger partial charge in [0, 0.05) is 0 Å². The number of benzene rings is 1. The average molecular weight is 266 g/mol. The molecule has 0 fully saturated rings. The minimum Gasteiger partial charge on any atom is -0.870 e. The molecule has 0 heterocycles. The van der Waals surface area contributed by atoms with Crippen molar-refractivity contribution in [2.75, 3.05) is 0 Å². The third-order valence-electron chi connectivity index (χ3n) is 3.36. The molecule has 2 N–H and O–H groups in total. The van der Waals surface area contributed by atoms with Gasteiger partial charge in [-0.2, -0.15) is 0 Å². The first-order valence-electron chi connectivity index (χ1n) is 5.71. The van der Waals surface area contributed by atoms with Crippen molar-refractivity contribution in [1.29, 1.82) is 0 Å². The van der Waals surface area contributed by atoms with E-state index in [-0.39, 0.29) is 16.0 Å². The maximum Gasteiger partial charge on any atom is -0.870 e. The molecule has 1 aromatic carbocycles.